The molecule has 0 aromatic heterocycles. The van der Waals surface area contributed by atoms with E-state index in [4.69, 9.17) is 0 Å². The lowest BCUT2D eigenvalue weighted by Gasteiger charge is -2.30. The number of nitrogens with one attached hydrogen (secondary N) is 1. The van der Waals surface area contributed by atoms with Gasteiger partial charge in [0, 0.05) is 24.7 Å². The molecule has 2 unspecified atom stereocenters. The van der Waals surface area contributed by atoms with Gasteiger partial charge in [0.25, 0.3) is 0 Å². The lowest BCUT2D eigenvalue weighted by Crippen LogP contribution is -2.46. The van der Waals surface area contributed by atoms with Crippen LogP contribution >= 0.6 is 0 Å². The third-order valence-corrected chi connectivity index (χ3v) is 4.51. The number of rotatable bonds is 8. The van der Waals surface area contributed by atoms with Crippen molar-refractivity contribution in [3.63, 3.8) is 0 Å². The van der Waals surface area contributed by atoms with E-state index in [-0.39, 0.29) is 12.1 Å². The van der Waals surface area contributed by atoms with Crippen LogP contribution in [0.4, 0.5) is 0 Å². The number of aliphatic hydroxyl groups is 1. The Hall–Kier alpha value is -0.160. The molecule has 0 saturated carbocycles. The van der Waals surface area contributed by atoms with Gasteiger partial charge >= 0.3 is 0 Å². The molecule has 0 aromatic rings. The predicted octanol–water partition coefficient (Wildman–Crippen LogP) is 0.763. The second kappa shape index (κ2) is 7.43. The zero-order valence-corrected chi connectivity index (χ0v) is 12.6. The van der Waals surface area contributed by atoms with Crippen LogP contribution in [0.3, 0.4) is 0 Å². The van der Waals surface area contributed by atoms with Gasteiger partial charge in [-0.25, -0.2) is 0 Å². The SMILES string of the molecule is CCN(CC)C1CCN(CCC(C)(CO)NC)C1. The molecule has 1 saturated heterocycles. The number of hydrogen-bond donors (Lipinski definition) is 2. The molecule has 108 valence electrons. The minimum absolute atomic E-state index is 0.132. The van der Waals surface area contributed by atoms with Gasteiger partial charge in [0.15, 0.2) is 0 Å². The highest BCUT2D eigenvalue weighted by molar-refractivity contribution is 4.86. The Kier molecular flexibility index (Phi) is 6.57. The fourth-order valence-electron chi connectivity index (χ4n) is 2.74. The van der Waals surface area contributed by atoms with E-state index >= 15 is 0 Å². The van der Waals surface area contributed by atoms with E-state index in [1.165, 1.54) is 19.5 Å². The van der Waals surface area contributed by atoms with Gasteiger partial charge in [-0.15, -0.1) is 0 Å². The van der Waals surface area contributed by atoms with Crippen LogP contribution in [-0.4, -0.2) is 72.9 Å². The second-order valence-corrected chi connectivity index (χ2v) is 5.68. The van der Waals surface area contributed by atoms with Crippen molar-refractivity contribution in [1.29, 1.82) is 0 Å². The minimum atomic E-state index is -0.132. The summed E-state index contributed by atoms with van der Waals surface area (Å²) in [5.41, 5.74) is -0.132. The Labute approximate surface area is 112 Å². The van der Waals surface area contributed by atoms with Crippen LogP contribution in [0.5, 0.6) is 0 Å². The molecular formula is C14H31N3O. The van der Waals surface area contributed by atoms with Gasteiger partial charge < -0.3 is 15.3 Å². The Bertz CT molecular complexity index is 227. The van der Waals surface area contributed by atoms with Crippen molar-refractivity contribution in [2.24, 2.45) is 0 Å². The number of likely N-dealkylation sites (N-methyl/N-ethyl adjacent to an activating group) is 2. The average Bonchev–Trinajstić information content (AvgIpc) is 2.86. The van der Waals surface area contributed by atoms with Crippen LogP contribution in [0.2, 0.25) is 0 Å². The summed E-state index contributed by atoms with van der Waals surface area (Å²) in [6, 6.07) is 0.731. The molecule has 1 fully saturated rings. The van der Waals surface area contributed by atoms with Gasteiger partial charge in [0.05, 0.1) is 6.61 Å². The summed E-state index contributed by atoms with van der Waals surface area (Å²) in [5, 5.41) is 12.6. The summed E-state index contributed by atoms with van der Waals surface area (Å²) in [6.07, 6.45) is 2.29. The molecule has 0 radical (unpaired) electrons. The molecule has 1 aliphatic heterocycles. The van der Waals surface area contributed by atoms with Crippen molar-refractivity contribution in [2.75, 3.05) is 46.4 Å². The van der Waals surface area contributed by atoms with Crippen molar-refractivity contribution in [1.82, 2.24) is 15.1 Å². The second-order valence-electron chi connectivity index (χ2n) is 5.68. The van der Waals surface area contributed by atoms with Gasteiger partial charge in [0.2, 0.25) is 0 Å². The van der Waals surface area contributed by atoms with Crippen LogP contribution in [0.25, 0.3) is 0 Å². The highest BCUT2D eigenvalue weighted by Gasteiger charge is 2.28. The minimum Gasteiger partial charge on any atom is -0.394 e. The first-order chi connectivity index (χ1) is 8.58. The Morgan fingerprint density at radius 1 is 1.39 bits per heavy atom. The summed E-state index contributed by atoms with van der Waals surface area (Å²) < 4.78 is 0. The zero-order valence-electron chi connectivity index (χ0n) is 12.6. The monoisotopic (exact) mass is 257 g/mol. The van der Waals surface area contributed by atoms with Crippen molar-refractivity contribution < 1.29 is 5.11 Å². The molecule has 4 nitrogen and oxygen atoms in total. The molecule has 0 aliphatic carbocycles. The van der Waals surface area contributed by atoms with E-state index in [0.717, 1.165) is 32.1 Å². The van der Waals surface area contributed by atoms with Gasteiger partial charge in [-0.05, 0) is 46.4 Å². The normalized spacial score (nSPS) is 24.7. The first-order valence-corrected chi connectivity index (χ1v) is 7.34. The average molecular weight is 257 g/mol. The number of hydrogen-bond acceptors (Lipinski definition) is 4. The quantitative estimate of drug-likeness (QED) is 0.673. The summed E-state index contributed by atoms with van der Waals surface area (Å²) in [7, 11) is 1.93. The summed E-state index contributed by atoms with van der Waals surface area (Å²) in [6.45, 7) is 12.6. The van der Waals surface area contributed by atoms with Crippen molar-refractivity contribution in [3.8, 4) is 0 Å². The molecule has 0 aromatic carbocycles. The highest BCUT2D eigenvalue weighted by Crippen LogP contribution is 2.17. The lowest BCUT2D eigenvalue weighted by atomic mass is 9.99. The van der Waals surface area contributed by atoms with Crippen molar-refractivity contribution in [2.45, 2.75) is 45.2 Å². The molecular weight excluding hydrogens is 226 g/mol. The molecule has 4 heteroatoms. The standard InChI is InChI=1S/C14H31N3O/c1-5-17(6-2)13-7-9-16(11-13)10-8-14(3,12-18)15-4/h13,15,18H,5-12H2,1-4H3. The highest BCUT2D eigenvalue weighted by atomic mass is 16.3. The first-order valence-electron chi connectivity index (χ1n) is 7.34. The van der Waals surface area contributed by atoms with Crippen molar-refractivity contribution >= 4 is 0 Å². The van der Waals surface area contributed by atoms with E-state index in [2.05, 4.69) is 35.9 Å². The van der Waals surface area contributed by atoms with E-state index < -0.39 is 0 Å². The fraction of sp³-hybridized carbons (Fsp3) is 1.00. The molecule has 0 bridgehead atoms. The van der Waals surface area contributed by atoms with Crippen LogP contribution in [0.15, 0.2) is 0 Å². The Morgan fingerprint density at radius 2 is 2.06 bits per heavy atom. The number of nitrogens with zero attached hydrogens (tertiary/aromatic N) is 2. The van der Waals surface area contributed by atoms with Crippen LogP contribution in [0, 0.1) is 0 Å². The van der Waals surface area contributed by atoms with Crippen LogP contribution in [0.1, 0.15) is 33.6 Å². The smallest absolute Gasteiger partial charge is 0.0610 e. The maximum absolute atomic E-state index is 9.39. The third-order valence-electron chi connectivity index (χ3n) is 4.51. The summed E-state index contributed by atoms with van der Waals surface area (Å²) in [5.74, 6) is 0. The lowest BCUT2D eigenvalue weighted by molar-refractivity contribution is 0.153. The van der Waals surface area contributed by atoms with E-state index in [0.29, 0.717) is 0 Å². The van der Waals surface area contributed by atoms with E-state index in [1.807, 2.05) is 7.05 Å². The molecule has 0 spiro atoms. The molecule has 2 atom stereocenters. The molecule has 0 amide bonds. The Morgan fingerprint density at radius 3 is 2.56 bits per heavy atom. The molecule has 18 heavy (non-hydrogen) atoms. The third kappa shape index (κ3) is 4.19. The predicted molar refractivity (Wildman–Crippen MR) is 76.9 cm³/mol. The summed E-state index contributed by atoms with van der Waals surface area (Å²) >= 11 is 0. The fourth-order valence-corrected chi connectivity index (χ4v) is 2.74. The molecule has 1 aliphatic rings. The molecule has 1 heterocycles. The maximum Gasteiger partial charge on any atom is 0.0610 e. The number of aliphatic hydroxyl groups excluding tert-OH is 1. The van der Waals surface area contributed by atoms with E-state index in [1.54, 1.807) is 0 Å². The van der Waals surface area contributed by atoms with Crippen molar-refractivity contribution in [3.05, 3.63) is 0 Å². The van der Waals surface area contributed by atoms with Gasteiger partial charge in [0.1, 0.15) is 0 Å². The first kappa shape index (κ1) is 15.9. The maximum atomic E-state index is 9.39. The number of likely N-dealkylation sites (tertiary alicyclic amines) is 1. The topological polar surface area (TPSA) is 38.7 Å². The van der Waals surface area contributed by atoms with Crippen LogP contribution in [-0.2, 0) is 0 Å². The largest absolute Gasteiger partial charge is 0.394 e. The molecule has 1 rings (SSSR count). The van der Waals surface area contributed by atoms with Gasteiger partial charge in [-0.3, -0.25) is 4.90 Å². The van der Waals surface area contributed by atoms with Crippen LogP contribution < -0.4 is 5.32 Å². The summed E-state index contributed by atoms with van der Waals surface area (Å²) in [4.78, 5) is 5.09. The van der Waals surface area contributed by atoms with E-state index in [9.17, 15) is 5.11 Å². The van der Waals surface area contributed by atoms with Gasteiger partial charge in [-0.2, -0.15) is 0 Å². The molecule has 2 N–H and O–H groups in total. The zero-order chi connectivity index (χ0) is 13.6. The van der Waals surface area contributed by atoms with Gasteiger partial charge in [-0.1, -0.05) is 13.8 Å². The Balaban J connectivity index is 2.34.